The van der Waals surface area contributed by atoms with E-state index in [2.05, 4.69) is 20.4 Å². The first-order valence-electron chi connectivity index (χ1n) is 6.67. The zero-order chi connectivity index (χ0) is 13.5. The van der Waals surface area contributed by atoms with Gasteiger partial charge in [-0.05, 0) is 30.6 Å². The highest BCUT2D eigenvalue weighted by Gasteiger charge is 2.48. The molecule has 0 spiro atoms. The monoisotopic (exact) mass is 250 g/mol. The molecule has 0 saturated heterocycles. The second-order valence-corrected chi connectivity index (χ2v) is 6.27. The smallest absolute Gasteiger partial charge is 0.316 e. The van der Waals surface area contributed by atoms with Crippen LogP contribution in [-0.4, -0.2) is 18.9 Å². The van der Waals surface area contributed by atoms with Crippen molar-refractivity contribution in [1.29, 1.82) is 0 Å². The Morgan fingerprint density at radius 2 is 2.06 bits per heavy atom. The molecular formula is C15H22O3. The van der Waals surface area contributed by atoms with Gasteiger partial charge in [0.2, 0.25) is 0 Å². The van der Waals surface area contributed by atoms with Crippen LogP contribution in [0.5, 0.6) is 0 Å². The predicted octanol–water partition coefficient (Wildman–Crippen LogP) is 2.75. The van der Waals surface area contributed by atoms with E-state index in [1.54, 1.807) is 0 Å². The second kappa shape index (κ2) is 4.52. The van der Waals surface area contributed by atoms with Gasteiger partial charge in [0.15, 0.2) is 0 Å². The molecule has 0 unspecified atom stereocenters. The molecule has 3 atom stereocenters. The Kier molecular flexibility index (Phi) is 3.35. The summed E-state index contributed by atoms with van der Waals surface area (Å²) in [5.74, 6) is -0.608. The maximum atomic E-state index is 12.2. The fourth-order valence-corrected chi connectivity index (χ4v) is 3.69. The molecule has 0 aliphatic heterocycles. The van der Waals surface area contributed by atoms with Crippen LogP contribution in [0.15, 0.2) is 12.2 Å². The van der Waals surface area contributed by atoms with E-state index in [-0.39, 0.29) is 23.1 Å². The Hall–Kier alpha value is -1.12. The molecule has 2 saturated carbocycles. The van der Waals surface area contributed by atoms with E-state index in [0.717, 1.165) is 24.8 Å². The quantitative estimate of drug-likeness (QED) is 0.408. The van der Waals surface area contributed by atoms with Crippen molar-refractivity contribution < 1.29 is 14.3 Å². The summed E-state index contributed by atoms with van der Waals surface area (Å²) in [6, 6.07) is 0. The summed E-state index contributed by atoms with van der Waals surface area (Å²) >= 11 is 0. The molecule has 0 amide bonds. The van der Waals surface area contributed by atoms with Crippen LogP contribution >= 0.6 is 0 Å². The van der Waals surface area contributed by atoms with Crippen LogP contribution in [0, 0.1) is 23.2 Å². The van der Waals surface area contributed by atoms with Crippen molar-refractivity contribution in [2.24, 2.45) is 23.2 Å². The number of carbonyl (C=O) groups is 2. The molecule has 2 aliphatic carbocycles. The van der Waals surface area contributed by atoms with Crippen LogP contribution in [0.1, 0.15) is 39.5 Å². The summed E-state index contributed by atoms with van der Waals surface area (Å²) in [6.07, 6.45) is 3.22. The molecule has 0 aromatic carbocycles. The maximum Gasteiger partial charge on any atom is 0.316 e. The fourth-order valence-electron chi connectivity index (χ4n) is 3.69. The van der Waals surface area contributed by atoms with Gasteiger partial charge in [-0.2, -0.15) is 0 Å². The van der Waals surface area contributed by atoms with Crippen molar-refractivity contribution in [3.05, 3.63) is 12.2 Å². The Morgan fingerprint density at radius 1 is 1.39 bits per heavy atom. The number of esters is 1. The maximum absolute atomic E-state index is 12.2. The highest BCUT2D eigenvalue weighted by Crippen LogP contribution is 2.52. The van der Waals surface area contributed by atoms with Gasteiger partial charge in [0.25, 0.3) is 0 Å². The molecule has 100 valence electrons. The number of ketones is 1. The molecule has 0 aromatic rings. The van der Waals surface area contributed by atoms with Crippen LogP contribution < -0.4 is 0 Å². The molecule has 2 rings (SSSR count). The summed E-state index contributed by atoms with van der Waals surface area (Å²) in [5.41, 5.74) is 1.28. The third-order valence-electron chi connectivity index (χ3n) is 4.85. The van der Waals surface area contributed by atoms with E-state index in [4.69, 9.17) is 4.74 Å². The molecule has 3 nitrogen and oxygen atoms in total. The number of allylic oxidation sites excluding steroid dienone is 1. The highest BCUT2D eigenvalue weighted by molar-refractivity contribution is 6.00. The average molecular weight is 250 g/mol. The molecular weight excluding hydrogens is 228 g/mol. The van der Waals surface area contributed by atoms with E-state index in [0.29, 0.717) is 12.3 Å². The van der Waals surface area contributed by atoms with Gasteiger partial charge in [-0.15, -0.1) is 0 Å². The third-order valence-corrected chi connectivity index (χ3v) is 4.85. The number of fused-ring (bicyclic) bond motifs is 2. The molecule has 0 radical (unpaired) electrons. The van der Waals surface area contributed by atoms with E-state index in [9.17, 15) is 9.59 Å². The van der Waals surface area contributed by atoms with Crippen molar-refractivity contribution in [2.45, 2.75) is 39.5 Å². The van der Waals surface area contributed by atoms with Gasteiger partial charge in [-0.3, -0.25) is 9.59 Å². The minimum Gasteiger partial charge on any atom is -0.468 e. The van der Waals surface area contributed by atoms with Crippen molar-refractivity contribution >= 4 is 11.8 Å². The zero-order valence-electron chi connectivity index (χ0n) is 11.5. The molecule has 18 heavy (non-hydrogen) atoms. The largest absolute Gasteiger partial charge is 0.468 e. The molecule has 0 N–H and O–H groups in total. The van der Waals surface area contributed by atoms with Crippen LogP contribution in [0.3, 0.4) is 0 Å². The van der Waals surface area contributed by atoms with Crippen molar-refractivity contribution in [2.75, 3.05) is 7.11 Å². The molecule has 2 bridgehead atoms. The van der Waals surface area contributed by atoms with Gasteiger partial charge in [-0.25, -0.2) is 0 Å². The van der Waals surface area contributed by atoms with Gasteiger partial charge in [0, 0.05) is 12.3 Å². The van der Waals surface area contributed by atoms with Gasteiger partial charge >= 0.3 is 5.97 Å². The van der Waals surface area contributed by atoms with Crippen LogP contribution in [-0.2, 0) is 14.3 Å². The second-order valence-electron chi connectivity index (χ2n) is 6.27. The number of methoxy groups -OCH3 is 1. The number of hydrogen-bond acceptors (Lipinski definition) is 3. The lowest BCUT2D eigenvalue weighted by Crippen LogP contribution is -2.38. The molecule has 2 aliphatic rings. The Bertz CT molecular complexity index is 395. The Labute approximate surface area is 109 Å². The first-order valence-corrected chi connectivity index (χ1v) is 6.67. The molecule has 2 fully saturated rings. The highest BCUT2D eigenvalue weighted by atomic mass is 16.5. The first kappa shape index (κ1) is 13.3. The lowest BCUT2D eigenvalue weighted by atomic mass is 9.61. The summed E-state index contributed by atoms with van der Waals surface area (Å²) in [6.45, 7) is 8.67. The summed E-state index contributed by atoms with van der Waals surface area (Å²) in [7, 11) is 1.35. The predicted molar refractivity (Wildman–Crippen MR) is 68.9 cm³/mol. The fraction of sp³-hybridized carbons (Fsp3) is 0.733. The standard InChI is InChI=1S/C15H22O3/c1-9-10-7-8-15(2,3)11(9)5-6-12(16)13(10)14(17)18-4/h10-11,13H,1,5-8H2,2-4H3/t10-,11+,13-/m1/s1. The van der Waals surface area contributed by atoms with Gasteiger partial charge in [0.1, 0.15) is 11.7 Å². The SMILES string of the molecule is C=C1[C@H]2CCC(C)(C)[C@H]1CCC(=O)[C@@H]2C(=O)OC. The molecule has 0 heterocycles. The van der Waals surface area contributed by atoms with Crippen LogP contribution in [0.2, 0.25) is 0 Å². The van der Waals surface area contributed by atoms with Crippen LogP contribution in [0.4, 0.5) is 0 Å². The van der Waals surface area contributed by atoms with E-state index in [1.165, 1.54) is 7.11 Å². The number of rotatable bonds is 1. The third kappa shape index (κ3) is 2.00. The topological polar surface area (TPSA) is 43.4 Å². The lowest BCUT2D eigenvalue weighted by molar-refractivity contribution is -0.151. The normalized spacial score (nSPS) is 34.9. The zero-order valence-corrected chi connectivity index (χ0v) is 11.5. The summed E-state index contributed by atoms with van der Waals surface area (Å²) in [5, 5.41) is 0. The first-order chi connectivity index (χ1) is 8.38. The van der Waals surface area contributed by atoms with E-state index < -0.39 is 5.92 Å². The van der Waals surface area contributed by atoms with E-state index in [1.807, 2.05) is 0 Å². The number of carbonyl (C=O) groups excluding carboxylic acids is 2. The van der Waals surface area contributed by atoms with E-state index >= 15 is 0 Å². The van der Waals surface area contributed by atoms with Crippen molar-refractivity contribution in [1.82, 2.24) is 0 Å². The molecule has 3 heteroatoms. The average Bonchev–Trinajstić information content (AvgIpc) is 2.39. The number of hydrogen-bond donors (Lipinski definition) is 0. The Morgan fingerprint density at radius 3 is 2.67 bits per heavy atom. The Balaban J connectivity index is 2.36. The van der Waals surface area contributed by atoms with Crippen molar-refractivity contribution in [3.63, 3.8) is 0 Å². The number of Topliss-reactive ketones (excluding diaryl/α,β-unsaturated/α-hetero) is 1. The summed E-state index contributed by atoms with van der Waals surface area (Å²) < 4.78 is 4.81. The van der Waals surface area contributed by atoms with Gasteiger partial charge < -0.3 is 4.74 Å². The van der Waals surface area contributed by atoms with Crippen LogP contribution in [0.25, 0.3) is 0 Å². The number of ether oxygens (including phenoxy) is 1. The minimum atomic E-state index is -0.608. The summed E-state index contributed by atoms with van der Waals surface area (Å²) in [4.78, 5) is 24.0. The van der Waals surface area contributed by atoms with Crippen molar-refractivity contribution in [3.8, 4) is 0 Å². The van der Waals surface area contributed by atoms with Gasteiger partial charge in [0.05, 0.1) is 7.11 Å². The van der Waals surface area contributed by atoms with Gasteiger partial charge in [-0.1, -0.05) is 26.0 Å². The molecule has 0 aromatic heterocycles. The minimum absolute atomic E-state index is 0.00882. The lowest BCUT2D eigenvalue weighted by Gasteiger charge is -2.43.